The maximum absolute atomic E-state index is 3.89. The summed E-state index contributed by atoms with van der Waals surface area (Å²) in [4.78, 5) is 0. The van der Waals surface area contributed by atoms with Crippen molar-refractivity contribution in [1.29, 1.82) is 0 Å². The zero-order chi connectivity index (χ0) is 11.2. The van der Waals surface area contributed by atoms with Crippen molar-refractivity contribution in [2.24, 2.45) is 0 Å². The van der Waals surface area contributed by atoms with E-state index in [0.29, 0.717) is 5.82 Å². The van der Waals surface area contributed by atoms with E-state index in [1.165, 1.54) is 11.9 Å². The van der Waals surface area contributed by atoms with Gasteiger partial charge in [-0.05, 0) is 12.5 Å². The Balaban J connectivity index is 2.22. The van der Waals surface area contributed by atoms with Crippen LogP contribution in [-0.4, -0.2) is 20.4 Å². The Labute approximate surface area is 93.8 Å². The van der Waals surface area contributed by atoms with Crippen molar-refractivity contribution < 1.29 is 0 Å². The number of aromatic nitrogens is 4. The van der Waals surface area contributed by atoms with Crippen molar-refractivity contribution in [3.8, 4) is 23.2 Å². The van der Waals surface area contributed by atoms with Crippen molar-refractivity contribution in [1.82, 2.24) is 20.4 Å². The van der Waals surface area contributed by atoms with Crippen molar-refractivity contribution in [2.45, 2.75) is 13.3 Å². The summed E-state index contributed by atoms with van der Waals surface area (Å²) in [6, 6.07) is 7.92. The molecule has 0 unspecified atom stereocenters. The molecule has 0 saturated carbocycles. The van der Waals surface area contributed by atoms with Gasteiger partial charge >= 0.3 is 0 Å². The highest BCUT2D eigenvalue weighted by Gasteiger charge is 2.00. The molecule has 1 aromatic heterocycles. The van der Waals surface area contributed by atoms with Crippen LogP contribution in [0.3, 0.4) is 0 Å². The van der Waals surface area contributed by atoms with Crippen LogP contribution in [-0.2, 0) is 6.42 Å². The van der Waals surface area contributed by atoms with Gasteiger partial charge in [0.2, 0.25) is 5.82 Å². The van der Waals surface area contributed by atoms with E-state index in [0.717, 1.165) is 12.0 Å². The second kappa shape index (κ2) is 4.99. The van der Waals surface area contributed by atoms with E-state index in [1.807, 2.05) is 31.2 Å². The Morgan fingerprint density at radius 2 is 1.75 bits per heavy atom. The minimum atomic E-state index is 0.538. The Bertz CT molecular complexity index is 508. The van der Waals surface area contributed by atoms with Crippen molar-refractivity contribution >= 4 is 0 Å². The molecule has 2 rings (SSSR count). The lowest BCUT2D eigenvalue weighted by Crippen LogP contribution is -1.93. The number of hydrogen-bond donors (Lipinski definition) is 0. The average Bonchev–Trinajstić information content (AvgIpc) is 2.38. The largest absolute Gasteiger partial charge is 0.203 e. The van der Waals surface area contributed by atoms with Gasteiger partial charge < -0.3 is 0 Å². The van der Waals surface area contributed by atoms with Crippen LogP contribution in [0.2, 0.25) is 0 Å². The maximum Gasteiger partial charge on any atom is 0.203 e. The van der Waals surface area contributed by atoms with Crippen LogP contribution in [0.25, 0.3) is 11.4 Å². The highest BCUT2D eigenvalue weighted by molar-refractivity contribution is 5.54. The van der Waals surface area contributed by atoms with Crippen molar-refractivity contribution in [3.63, 3.8) is 0 Å². The Kier molecular flexibility index (Phi) is 3.19. The Morgan fingerprint density at radius 3 is 2.38 bits per heavy atom. The zero-order valence-electron chi connectivity index (χ0n) is 8.88. The minimum absolute atomic E-state index is 0.538. The SMILES string of the molecule is CC#CCc1ccc(-c2nncnn2)cc1. The van der Waals surface area contributed by atoms with Gasteiger partial charge in [0, 0.05) is 12.0 Å². The predicted octanol–water partition coefficient (Wildman–Crippen LogP) is 1.50. The molecule has 78 valence electrons. The lowest BCUT2D eigenvalue weighted by atomic mass is 10.1. The first kappa shape index (κ1) is 10.2. The molecule has 4 heteroatoms. The van der Waals surface area contributed by atoms with Gasteiger partial charge in [-0.15, -0.1) is 26.3 Å². The average molecular weight is 210 g/mol. The molecule has 16 heavy (non-hydrogen) atoms. The first-order valence-corrected chi connectivity index (χ1v) is 4.89. The zero-order valence-corrected chi connectivity index (χ0v) is 8.88. The summed E-state index contributed by atoms with van der Waals surface area (Å²) in [6.07, 6.45) is 2.08. The molecule has 0 amide bonds. The quantitative estimate of drug-likeness (QED) is 0.705. The van der Waals surface area contributed by atoms with Crippen LogP contribution in [0.1, 0.15) is 12.5 Å². The van der Waals surface area contributed by atoms with E-state index in [-0.39, 0.29) is 0 Å². The summed E-state index contributed by atoms with van der Waals surface area (Å²) in [5.74, 6) is 6.42. The van der Waals surface area contributed by atoms with Crippen molar-refractivity contribution in [2.75, 3.05) is 0 Å². The summed E-state index contributed by atoms with van der Waals surface area (Å²) >= 11 is 0. The molecule has 0 bridgehead atoms. The third-order valence-electron chi connectivity index (χ3n) is 2.09. The highest BCUT2D eigenvalue weighted by Crippen LogP contribution is 2.13. The molecular weight excluding hydrogens is 200 g/mol. The highest BCUT2D eigenvalue weighted by atomic mass is 15.3. The fourth-order valence-electron chi connectivity index (χ4n) is 1.28. The van der Waals surface area contributed by atoms with E-state index >= 15 is 0 Å². The standard InChI is InChI=1S/C12H10N4/c1-2-3-4-10-5-7-11(8-6-10)12-15-13-9-14-16-12/h5-9H,4H2,1H3. The van der Waals surface area contributed by atoms with E-state index in [2.05, 4.69) is 32.2 Å². The van der Waals surface area contributed by atoms with Crippen LogP contribution >= 0.6 is 0 Å². The van der Waals surface area contributed by atoms with E-state index in [4.69, 9.17) is 0 Å². The lowest BCUT2D eigenvalue weighted by Gasteiger charge is -1.98. The molecular formula is C12H10N4. The van der Waals surface area contributed by atoms with E-state index < -0.39 is 0 Å². The molecule has 0 aliphatic carbocycles. The van der Waals surface area contributed by atoms with E-state index in [9.17, 15) is 0 Å². The monoisotopic (exact) mass is 210 g/mol. The third-order valence-corrected chi connectivity index (χ3v) is 2.09. The van der Waals surface area contributed by atoms with Crippen molar-refractivity contribution in [3.05, 3.63) is 36.2 Å². The molecule has 0 saturated heterocycles. The summed E-state index contributed by atoms with van der Waals surface area (Å²) < 4.78 is 0. The van der Waals surface area contributed by atoms with Gasteiger partial charge in [-0.2, -0.15) is 0 Å². The normalized spacial score (nSPS) is 9.31. The molecule has 1 heterocycles. The molecule has 0 N–H and O–H groups in total. The van der Waals surface area contributed by atoms with Gasteiger partial charge in [0.25, 0.3) is 0 Å². The lowest BCUT2D eigenvalue weighted by molar-refractivity contribution is 0.864. The summed E-state index contributed by atoms with van der Waals surface area (Å²) in [7, 11) is 0. The van der Waals surface area contributed by atoms with Crippen LogP contribution in [0.4, 0.5) is 0 Å². The minimum Gasteiger partial charge on any atom is -0.135 e. The fourth-order valence-corrected chi connectivity index (χ4v) is 1.28. The predicted molar refractivity (Wildman–Crippen MR) is 60.2 cm³/mol. The summed E-state index contributed by atoms with van der Waals surface area (Å²) in [5.41, 5.74) is 2.09. The van der Waals surface area contributed by atoms with Gasteiger partial charge in [-0.3, -0.25) is 0 Å². The summed E-state index contributed by atoms with van der Waals surface area (Å²) in [6.45, 7) is 1.84. The van der Waals surface area contributed by atoms with Crippen LogP contribution in [0.5, 0.6) is 0 Å². The molecule has 0 radical (unpaired) electrons. The van der Waals surface area contributed by atoms with E-state index in [1.54, 1.807) is 0 Å². The first-order chi connectivity index (χ1) is 7.90. The second-order valence-corrected chi connectivity index (χ2v) is 3.17. The molecule has 4 nitrogen and oxygen atoms in total. The third kappa shape index (κ3) is 2.39. The van der Waals surface area contributed by atoms with Crippen LogP contribution in [0.15, 0.2) is 30.6 Å². The molecule has 0 fully saturated rings. The topological polar surface area (TPSA) is 51.6 Å². The second-order valence-electron chi connectivity index (χ2n) is 3.17. The van der Waals surface area contributed by atoms with Gasteiger partial charge in [-0.1, -0.05) is 30.2 Å². The molecule has 0 aliphatic heterocycles. The van der Waals surface area contributed by atoms with Gasteiger partial charge in [0.1, 0.15) is 0 Å². The molecule has 1 aromatic carbocycles. The molecule has 2 aromatic rings. The van der Waals surface area contributed by atoms with Gasteiger partial charge in [0.05, 0.1) is 0 Å². The van der Waals surface area contributed by atoms with Crippen LogP contribution in [0, 0.1) is 11.8 Å². The first-order valence-electron chi connectivity index (χ1n) is 4.89. The Morgan fingerprint density at radius 1 is 1.06 bits per heavy atom. The fraction of sp³-hybridized carbons (Fsp3) is 0.167. The number of benzene rings is 1. The number of hydrogen-bond acceptors (Lipinski definition) is 4. The molecule has 0 aliphatic rings. The smallest absolute Gasteiger partial charge is 0.135 e. The van der Waals surface area contributed by atoms with Crippen LogP contribution < -0.4 is 0 Å². The number of nitrogens with zero attached hydrogens (tertiary/aromatic N) is 4. The van der Waals surface area contributed by atoms with Gasteiger partial charge in [0.15, 0.2) is 6.33 Å². The number of rotatable bonds is 2. The summed E-state index contributed by atoms with van der Waals surface area (Å²) in [5, 5.41) is 15.2. The maximum atomic E-state index is 3.89. The molecule has 0 spiro atoms. The molecule has 0 atom stereocenters. The van der Waals surface area contributed by atoms with Gasteiger partial charge in [-0.25, -0.2) is 0 Å². The Hall–Kier alpha value is -2.28.